The first kappa shape index (κ1) is 39.9. The van der Waals surface area contributed by atoms with Gasteiger partial charge in [-0.2, -0.15) is 21.8 Å². The van der Waals surface area contributed by atoms with Crippen molar-refractivity contribution in [1.82, 2.24) is 25.2 Å². The Hall–Kier alpha value is -2.52. The van der Waals surface area contributed by atoms with Gasteiger partial charge in [0, 0.05) is 32.1 Å². The molecule has 26 heteroatoms. The van der Waals surface area contributed by atoms with Crippen LogP contribution in [-0.2, 0) is 47.6 Å². The number of aliphatic hydroxyl groups excluding tert-OH is 1. The molecule has 0 aromatic carbocycles. The summed E-state index contributed by atoms with van der Waals surface area (Å²) in [7, 11) is -16.8. The van der Waals surface area contributed by atoms with Gasteiger partial charge in [0.05, 0.1) is 18.1 Å². The Morgan fingerprint density at radius 1 is 1.02 bits per heavy atom. The van der Waals surface area contributed by atoms with Gasteiger partial charge in [0.2, 0.25) is 5.91 Å². The molecule has 272 valence electrons. The van der Waals surface area contributed by atoms with Crippen LogP contribution in [0.4, 0.5) is 19.0 Å². The standard InChI is InChI=1S/C22H34F3N6O14P3/c23-22(24,25)21(34)28-8-4-2-1-3-7-27-16(33)6-5-13-10-31(20-18(13)19(26)29-12-30-20)17-9-14(32)15(43-17)11-42-47(38,39)45-48(40,41)44-46(35,36)37/h10,12,14-15,17,32H,1-9,11H2,(H,27,33)(H,28,34)(H,38,39)(H,40,41)(H2,26,29,30)(H2,35,36,37)/t14-,15-,17-/m1/s1. The van der Waals surface area contributed by atoms with E-state index in [0.29, 0.717) is 43.2 Å². The molecule has 1 saturated heterocycles. The van der Waals surface area contributed by atoms with Crippen LogP contribution in [0.3, 0.4) is 0 Å². The first-order valence-corrected chi connectivity index (χ1v) is 18.5. The molecular formula is C22H34F3N6O14P3. The topological polar surface area (TPSA) is 304 Å². The summed E-state index contributed by atoms with van der Waals surface area (Å²) in [6.45, 7) is -0.672. The van der Waals surface area contributed by atoms with Crippen molar-refractivity contribution in [3.63, 3.8) is 0 Å². The van der Waals surface area contributed by atoms with Crippen LogP contribution in [0.1, 0.15) is 50.3 Å². The molecule has 2 aromatic heterocycles. The largest absolute Gasteiger partial charge is 0.490 e. The van der Waals surface area contributed by atoms with Crippen molar-refractivity contribution in [3.8, 4) is 0 Å². The Labute approximate surface area is 269 Å². The number of amides is 2. The Morgan fingerprint density at radius 3 is 2.29 bits per heavy atom. The normalized spacial score (nSPS) is 21.1. The minimum atomic E-state index is -5.74. The highest BCUT2D eigenvalue weighted by Gasteiger charge is 2.43. The number of phosphoric ester groups is 1. The van der Waals surface area contributed by atoms with Crippen molar-refractivity contribution in [2.75, 3.05) is 25.4 Å². The lowest BCUT2D eigenvalue weighted by Gasteiger charge is -2.19. The molecule has 9 N–H and O–H groups in total. The summed E-state index contributed by atoms with van der Waals surface area (Å²) < 4.78 is 90.0. The number of hydrogen-bond acceptors (Lipinski definition) is 13. The van der Waals surface area contributed by atoms with Crippen molar-refractivity contribution in [3.05, 3.63) is 18.1 Å². The summed E-state index contributed by atoms with van der Waals surface area (Å²) in [5, 5.41) is 15.4. The minimum absolute atomic E-state index is 0.0216. The van der Waals surface area contributed by atoms with Gasteiger partial charge in [0.25, 0.3) is 0 Å². The molecule has 2 unspecified atom stereocenters. The van der Waals surface area contributed by atoms with Crippen molar-refractivity contribution in [2.45, 2.75) is 69.6 Å². The second kappa shape index (κ2) is 16.5. The van der Waals surface area contributed by atoms with Crippen molar-refractivity contribution >= 4 is 52.1 Å². The molecule has 0 bridgehead atoms. The first-order valence-electron chi connectivity index (χ1n) is 14.0. The van der Waals surface area contributed by atoms with Crippen LogP contribution in [-0.4, -0.2) is 89.1 Å². The highest BCUT2D eigenvalue weighted by atomic mass is 31.3. The number of phosphoric acid groups is 3. The quantitative estimate of drug-likeness (QED) is 0.0785. The molecule has 1 fully saturated rings. The Morgan fingerprint density at radius 2 is 1.67 bits per heavy atom. The van der Waals surface area contributed by atoms with E-state index in [9.17, 15) is 51.3 Å². The zero-order chi connectivity index (χ0) is 35.9. The molecule has 0 spiro atoms. The van der Waals surface area contributed by atoms with Gasteiger partial charge in [-0.25, -0.2) is 23.7 Å². The predicted molar refractivity (Wildman–Crippen MR) is 155 cm³/mol. The van der Waals surface area contributed by atoms with Crippen molar-refractivity contribution in [1.29, 1.82) is 0 Å². The smallest absolute Gasteiger partial charge is 0.390 e. The second-order valence-electron chi connectivity index (χ2n) is 10.4. The van der Waals surface area contributed by atoms with Crippen LogP contribution in [0.15, 0.2) is 12.5 Å². The van der Waals surface area contributed by atoms with Crippen molar-refractivity contribution < 1.29 is 79.0 Å². The number of nitrogens with two attached hydrogens (primary N) is 1. The fraction of sp³-hybridized carbons (Fsp3) is 0.636. The lowest BCUT2D eigenvalue weighted by atomic mass is 10.1. The second-order valence-corrected chi connectivity index (χ2v) is 14.8. The van der Waals surface area contributed by atoms with Gasteiger partial charge in [-0.3, -0.25) is 14.1 Å². The summed E-state index contributed by atoms with van der Waals surface area (Å²) in [6.07, 6.45) is -3.59. The molecular weight excluding hydrogens is 722 g/mol. The summed E-state index contributed by atoms with van der Waals surface area (Å²) in [4.78, 5) is 67.6. The van der Waals surface area contributed by atoms with Crippen LogP contribution >= 0.6 is 23.5 Å². The Kier molecular flexibility index (Phi) is 13.7. The summed E-state index contributed by atoms with van der Waals surface area (Å²) in [6, 6.07) is 0. The predicted octanol–water partition coefficient (Wildman–Crippen LogP) is 1.29. The fourth-order valence-electron chi connectivity index (χ4n) is 4.57. The number of anilines is 1. The van der Waals surface area contributed by atoms with Crippen LogP contribution in [0, 0.1) is 0 Å². The number of carbonyl (C=O) groups is 2. The van der Waals surface area contributed by atoms with E-state index in [-0.39, 0.29) is 43.2 Å². The summed E-state index contributed by atoms with van der Waals surface area (Å²) in [5.74, 6) is -2.21. The fourth-order valence-corrected chi connectivity index (χ4v) is 7.60. The van der Waals surface area contributed by atoms with Gasteiger partial charge in [-0.15, -0.1) is 0 Å². The molecule has 2 amide bonds. The number of ether oxygens (including phenoxy) is 1. The number of rotatable bonds is 18. The molecule has 0 radical (unpaired) electrons. The van der Waals surface area contributed by atoms with E-state index < -0.39 is 60.6 Å². The number of hydrogen-bond donors (Lipinski definition) is 8. The zero-order valence-electron chi connectivity index (χ0n) is 24.8. The molecule has 3 rings (SSSR count). The average Bonchev–Trinajstić information content (AvgIpc) is 3.50. The van der Waals surface area contributed by atoms with E-state index in [4.69, 9.17) is 20.3 Å². The van der Waals surface area contributed by atoms with E-state index in [2.05, 4.69) is 28.4 Å². The van der Waals surface area contributed by atoms with Crippen LogP contribution in [0.2, 0.25) is 0 Å². The molecule has 2 aromatic rings. The number of fused-ring (bicyclic) bond motifs is 1. The number of aliphatic hydroxyl groups is 1. The molecule has 5 atom stereocenters. The van der Waals surface area contributed by atoms with Crippen molar-refractivity contribution in [2.24, 2.45) is 0 Å². The molecule has 20 nitrogen and oxygen atoms in total. The third kappa shape index (κ3) is 12.4. The summed E-state index contributed by atoms with van der Waals surface area (Å²) >= 11 is 0. The molecule has 1 aliphatic rings. The molecule has 1 aliphatic heterocycles. The Balaban J connectivity index is 1.52. The maximum atomic E-state index is 12.5. The molecule has 3 heterocycles. The maximum absolute atomic E-state index is 12.5. The zero-order valence-corrected chi connectivity index (χ0v) is 27.4. The van der Waals surface area contributed by atoms with Crippen LogP contribution in [0.25, 0.3) is 11.0 Å². The number of nitrogens with one attached hydrogen (secondary N) is 2. The number of nitrogen functional groups attached to an aromatic ring is 1. The van der Waals surface area contributed by atoms with Crippen LogP contribution < -0.4 is 16.4 Å². The van der Waals surface area contributed by atoms with E-state index >= 15 is 0 Å². The van der Waals surface area contributed by atoms with E-state index in [1.165, 1.54) is 10.9 Å². The number of halogens is 3. The molecule has 0 aliphatic carbocycles. The van der Waals surface area contributed by atoms with Crippen LogP contribution in [0.5, 0.6) is 0 Å². The van der Waals surface area contributed by atoms with Gasteiger partial charge in [0.15, 0.2) is 0 Å². The number of carbonyl (C=O) groups excluding carboxylic acids is 2. The number of nitrogens with zero attached hydrogens (tertiary/aromatic N) is 3. The number of aromatic nitrogens is 3. The third-order valence-corrected chi connectivity index (χ3v) is 10.4. The van der Waals surface area contributed by atoms with E-state index in [1.54, 1.807) is 11.5 Å². The average molecular weight is 756 g/mol. The van der Waals surface area contributed by atoms with Gasteiger partial charge in [0.1, 0.15) is 30.1 Å². The Bertz CT molecular complexity index is 1590. The monoisotopic (exact) mass is 756 g/mol. The first-order chi connectivity index (χ1) is 22.2. The number of aryl methyl sites for hydroxylation is 1. The third-order valence-electron chi connectivity index (χ3n) is 6.64. The molecule has 48 heavy (non-hydrogen) atoms. The maximum Gasteiger partial charge on any atom is 0.490 e. The number of alkyl halides is 3. The van der Waals surface area contributed by atoms with Gasteiger partial charge < -0.3 is 50.4 Å². The highest BCUT2D eigenvalue weighted by Crippen LogP contribution is 2.66. The van der Waals surface area contributed by atoms with E-state index in [0.717, 1.165) is 0 Å². The number of unbranched alkanes of at least 4 members (excludes halogenated alkanes) is 3. The molecule has 0 saturated carbocycles. The lowest BCUT2D eigenvalue weighted by molar-refractivity contribution is -0.173. The van der Waals surface area contributed by atoms with Gasteiger partial charge in [-0.05, 0) is 24.8 Å². The minimum Gasteiger partial charge on any atom is -0.390 e. The van der Waals surface area contributed by atoms with E-state index in [1.807, 2.05) is 0 Å². The lowest BCUT2D eigenvalue weighted by Crippen LogP contribution is -2.37. The van der Waals surface area contributed by atoms with Gasteiger partial charge >= 0.3 is 35.6 Å². The van der Waals surface area contributed by atoms with Gasteiger partial charge in [-0.1, -0.05) is 12.8 Å². The SMILES string of the molecule is Nc1ncnc2c1c(CCC(=O)NCCCCCCNC(=O)C(F)(F)F)cn2[C@H]1C[C@@H](O)[C@@H](COP(=O)(O)OP(=O)(O)OP(=O)(O)O)O1. The summed E-state index contributed by atoms with van der Waals surface area (Å²) in [5.41, 5.74) is 6.89. The highest BCUT2D eigenvalue weighted by molar-refractivity contribution is 7.66.